The summed E-state index contributed by atoms with van der Waals surface area (Å²) in [5.74, 6) is 1.36. The minimum absolute atomic E-state index is 0.0245. The summed E-state index contributed by atoms with van der Waals surface area (Å²) in [4.78, 5) is 19.4. The van der Waals surface area contributed by atoms with Gasteiger partial charge in [-0.25, -0.2) is 4.98 Å². The lowest BCUT2D eigenvalue weighted by molar-refractivity contribution is 0.0728. The molecular weight excluding hydrogens is 436 g/mol. The number of carbonyl (C=O) groups is 1. The van der Waals surface area contributed by atoms with E-state index in [4.69, 9.17) is 21.1 Å². The number of hydrogen-bond acceptors (Lipinski definition) is 6. The predicted molar refractivity (Wildman–Crippen MR) is 120 cm³/mol. The van der Waals surface area contributed by atoms with Gasteiger partial charge in [0.2, 0.25) is 0 Å². The molecule has 0 unspecified atom stereocenters. The highest BCUT2D eigenvalue weighted by molar-refractivity contribution is 7.09. The fraction of sp³-hybridized carbons (Fsp3) is 0.304. The fourth-order valence-corrected chi connectivity index (χ4v) is 4.17. The van der Waals surface area contributed by atoms with Crippen LogP contribution in [0.2, 0.25) is 5.02 Å². The Balaban J connectivity index is 1.52. The van der Waals surface area contributed by atoms with Crippen molar-refractivity contribution in [2.45, 2.75) is 38.6 Å². The SMILES string of the molecule is COc1ccc(C(=O)N(Cc2cc(Cl)ccc2OCc2nc(CO)cs2)C2CC2)cc1. The average molecular weight is 459 g/mol. The van der Waals surface area contributed by atoms with Crippen molar-refractivity contribution in [2.24, 2.45) is 0 Å². The summed E-state index contributed by atoms with van der Waals surface area (Å²) in [6, 6.07) is 12.8. The molecule has 1 saturated carbocycles. The van der Waals surface area contributed by atoms with Gasteiger partial charge in [-0.05, 0) is 55.3 Å². The second-order valence-corrected chi connectivity index (χ2v) is 8.70. The zero-order valence-corrected chi connectivity index (χ0v) is 18.7. The van der Waals surface area contributed by atoms with Gasteiger partial charge in [-0.3, -0.25) is 4.79 Å². The first kappa shape index (κ1) is 21.6. The quantitative estimate of drug-likeness (QED) is 0.504. The lowest BCUT2D eigenvalue weighted by Crippen LogP contribution is -2.32. The Bertz CT molecular complexity index is 1050. The van der Waals surface area contributed by atoms with Crippen LogP contribution in [0.3, 0.4) is 0 Å². The zero-order chi connectivity index (χ0) is 21.8. The molecule has 8 heteroatoms. The van der Waals surface area contributed by atoms with Crippen molar-refractivity contribution in [3.05, 3.63) is 74.7 Å². The summed E-state index contributed by atoms with van der Waals surface area (Å²) >= 11 is 7.69. The molecule has 162 valence electrons. The smallest absolute Gasteiger partial charge is 0.254 e. The third-order valence-corrected chi connectivity index (χ3v) is 6.17. The Labute approximate surface area is 190 Å². The van der Waals surface area contributed by atoms with Crippen LogP contribution in [0, 0.1) is 0 Å². The first-order valence-corrected chi connectivity index (χ1v) is 11.2. The number of aliphatic hydroxyl groups excluding tert-OH is 1. The van der Waals surface area contributed by atoms with Gasteiger partial charge in [-0.2, -0.15) is 0 Å². The van der Waals surface area contributed by atoms with E-state index in [-0.39, 0.29) is 25.2 Å². The maximum Gasteiger partial charge on any atom is 0.254 e. The van der Waals surface area contributed by atoms with Crippen molar-refractivity contribution in [1.82, 2.24) is 9.88 Å². The van der Waals surface area contributed by atoms with Gasteiger partial charge in [-0.1, -0.05) is 11.6 Å². The number of amides is 1. The second kappa shape index (κ2) is 9.68. The molecule has 0 saturated heterocycles. The van der Waals surface area contributed by atoms with Crippen molar-refractivity contribution in [3.8, 4) is 11.5 Å². The molecule has 3 aromatic rings. The number of hydrogen-bond donors (Lipinski definition) is 1. The lowest BCUT2D eigenvalue weighted by Gasteiger charge is -2.24. The van der Waals surface area contributed by atoms with E-state index in [2.05, 4.69) is 4.98 Å². The van der Waals surface area contributed by atoms with Gasteiger partial charge in [0.25, 0.3) is 5.91 Å². The Morgan fingerprint density at radius 1 is 1.26 bits per heavy atom. The predicted octanol–water partition coefficient (Wildman–Crippen LogP) is 4.68. The van der Waals surface area contributed by atoms with Gasteiger partial charge in [0.05, 0.1) is 19.4 Å². The second-order valence-electron chi connectivity index (χ2n) is 7.32. The summed E-state index contributed by atoms with van der Waals surface area (Å²) in [5, 5.41) is 12.4. The Morgan fingerprint density at radius 2 is 2.03 bits per heavy atom. The minimum atomic E-state index is -0.0908. The summed E-state index contributed by atoms with van der Waals surface area (Å²) in [5.41, 5.74) is 2.10. The van der Waals surface area contributed by atoms with Gasteiger partial charge >= 0.3 is 0 Å². The molecule has 0 spiro atoms. The van der Waals surface area contributed by atoms with E-state index in [1.165, 1.54) is 11.3 Å². The molecule has 1 amide bonds. The van der Waals surface area contributed by atoms with Crippen LogP contribution in [0.15, 0.2) is 47.8 Å². The number of benzene rings is 2. The molecule has 1 aliphatic rings. The molecule has 1 aliphatic carbocycles. The van der Waals surface area contributed by atoms with E-state index in [1.54, 1.807) is 37.4 Å². The van der Waals surface area contributed by atoms with Crippen LogP contribution in [-0.2, 0) is 19.8 Å². The first-order valence-electron chi connectivity index (χ1n) is 9.97. The number of methoxy groups -OCH3 is 1. The molecule has 6 nitrogen and oxygen atoms in total. The molecular formula is C23H23ClN2O4S. The number of nitrogens with zero attached hydrogens (tertiary/aromatic N) is 2. The number of rotatable bonds is 9. The third-order valence-electron chi connectivity index (χ3n) is 5.06. The summed E-state index contributed by atoms with van der Waals surface area (Å²) in [6.07, 6.45) is 1.98. The van der Waals surface area contributed by atoms with Crippen molar-refractivity contribution >= 4 is 28.8 Å². The van der Waals surface area contributed by atoms with Gasteiger partial charge in [0, 0.05) is 34.1 Å². The fourth-order valence-electron chi connectivity index (χ4n) is 3.28. The standard InChI is InChI=1S/C23H23ClN2O4S/c1-29-20-7-2-15(3-8-20)23(28)26(19-5-6-19)11-16-10-17(24)4-9-21(16)30-13-22-25-18(12-27)14-31-22/h2-4,7-10,14,19,27H,5-6,11-13H2,1H3. The molecule has 31 heavy (non-hydrogen) atoms. The maximum atomic E-state index is 13.2. The maximum absolute atomic E-state index is 13.2. The van der Waals surface area contributed by atoms with Gasteiger partial charge in [-0.15, -0.1) is 11.3 Å². The molecule has 4 rings (SSSR count). The highest BCUT2D eigenvalue weighted by atomic mass is 35.5. The van der Waals surface area contributed by atoms with Crippen LogP contribution >= 0.6 is 22.9 Å². The minimum Gasteiger partial charge on any atom is -0.497 e. The van der Waals surface area contributed by atoms with Crippen LogP contribution in [0.25, 0.3) is 0 Å². The molecule has 0 bridgehead atoms. The van der Waals surface area contributed by atoms with E-state index >= 15 is 0 Å². The normalized spacial score (nSPS) is 13.1. The molecule has 1 aromatic heterocycles. The van der Waals surface area contributed by atoms with Crippen LogP contribution < -0.4 is 9.47 Å². The Morgan fingerprint density at radius 3 is 2.68 bits per heavy atom. The Hall–Kier alpha value is -2.61. The highest BCUT2D eigenvalue weighted by Crippen LogP contribution is 2.33. The molecule has 2 aromatic carbocycles. The Kier molecular flexibility index (Phi) is 6.75. The number of ether oxygens (including phenoxy) is 2. The van der Waals surface area contributed by atoms with Crippen molar-refractivity contribution in [3.63, 3.8) is 0 Å². The lowest BCUT2D eigenvalue weighted by atomic mass is 10.1. The number of thiazole rings is 1. The number of halogens is 1. The van der Waals surface area contributed by atoms with Crippen molar-refractivity contribution in [2.75, 3.05) is 7.11 Å². The largest absolute Gasteiger partial charge is 0.497 e. The van der Waals surface area contributed by atoms with E-state index in [9.17, 15) is 9.90 Å². The molecule has 1 N–H and O–H groups in total. The first-order chi connectivity index (χ1) is 15.1. The van der Waals surface area contributed by atoms with E-state index in [0.717, 1.165) is 23.4 Å². The van der Waals surface area contributed by atoms with E-state index < -0.39 is 0 Å². The van der Waals surface area contributed by atoms with Crippen LogP contribution in [0.5, 0.6) is 11.5 Å². The number of carbonyl (C=O) groups excluding carboxylic acids is 1. The highest BCUT2D eigenvalue weighted by Gasteiger charge is 2.33. The van der Waals surface area contributed by atoms with Gasteiger partial charge in [0.1, 0.15) is 23.1 Å². The van der Waals surface area contributed by atoms with Gasteiger partial charge in [0.15, 0.2) is 0 Å². The molecule has 0 aliphatic heterocycles. The summed E-state index contributed by atoms with van der Waals surface area (Å²) in [6.45, 7) is 0.604. The number of aliphatic hydroxyl groups is 1. The summed E-state index contributed by atoms with van der Waals surface area (Å²) in [7, 11) is 1.60. The van der Waals surface area contributed by atoms with E-state index in [0.29, 0.717) is 34.3 Å². The van der Waals surface area contributed by atoms with Crippen LogP contribution in [0.1, 0.15) is 39.5 Å². The van der Waals surface area contributed by atoms with Crippen LogP contribution in [0.4, 0.5) is 0 Å². The van der Waals surface area contributed by atoms with E-state index in [1.807, 2.05) is 22.4 Å². The molecule has 1 fully saturated rings. The summed E-state index contributed by atoms with van der Waals surface area (Å²) < 4.78 is 11.2. The third kappa shape index (κ3) is 5.36. The average Bonchev–Trinajstić information content (AvgIpc) is 3.53. The van der Waals surface area contributed by atoms with Crippen LogP contribution in [-0.4, -0.2) is 34.0 Å². The number of aromatic nitrogens is 1. The monoisotopic (exact) mass is 458 g/mol. The zero-order valence-electron chi connectivity index (χ0n) is 17.1. The molecule has 0 atom stereocenters. The van der Waals surface area contributed by atoms with Crippen molar-refractivity contribution in [1.29, 1.82) is 0 Å². The van der Waals surface area contributed by atoms with Crippen molar-refractivity contribution < 1.29 is 19.4 Å². The molecule has 1 heterocycles. The molecule has 0 radical (unpaired) electrons. The van der Waals surface area contributed by atoms with Gasteiger partial charge < -0.3 is 19.5 Å². The topological polar surface area (TPSA) is 71.9 Å².